The van der Waals surface area contributed by atoms with Gasteiger partial charge in [0.15, 0.2) is 0 Å². The van der Waals surface area contributed by atoms with Crippen LogP contribution in [0.5, 0.6) is 0 Å². The largest absolute Gasteiger partial charge is 0.444 e. The second-order valence-electron chi connectivity index (χ2n) is 9.22. The molecule has 0 aromatic carbocycles. The molecule has 1 aliphatic heterocycles. The van der Waals surface area contributed by atoms with Crippen LogP contribution in [0.3, 0.4) is 0 Å². The van der Waals surface area contributed by atoms with Gasteiger partial charge in [-0.15, -0.1) is 0 Å². The van der Waals surface area contributed by atoms with Crippen LogP contribution in [-0.2, 0) is 4.74 Å². The van der Waals surface area contributed by atoms with Crippen molar-refractivity contribution in [2.24, 2.45) is 0 Å². The van der Waals surface area contributed by atoms with E-state index in [4.69, 9.17) is 4.74 Å². The third kappa shape index (κ3) is 4.26. The minimum atomic E-state index is -0.499. The quantitative estimate of drug-likeness (QED) is 0.475. The molecule has 4 aromatic rings. The van der Waals surface area contributed by atoms with Crippen LogP contribution in [-0.4, -0.2) is 54.0 Å². The predicted octanol–water partition coefficient (Wildman–Crippen LogP) is 4.68. The van der Waals surface area contributed by atoms with Crippen LogP contribution >= 0.6 is 0 Å². The summed E-state index contributed by atoms with van der Waals surface area (Å²) in [4.78, 5) is 30.7. The SMILES string of the molecule is Cc1ncc2ccc(Nc3ncnc4[nH]c(C5=CCN(C(=O)OC(C)(C)C)CC5)cc34)cn12. The number of carbonyl (C=O) groups excluding carboxylic acids is 1. The summed E-state index contributed by atoms with van der Waals surface area (Å²) >= 11 is 0. The normalized spacial score (nSPS) is 14.5. The second kappa shape index (κ2) is 7.91. The number of ether oxygens (including phenoxy) is 1. The molecule has 4 aromatic heterocycles. The molecule has 0 aliphatic carbocycles. The van der Waals surface area contributed by atoms with Crippen molar-refractivity contribution in [3.05, 3.63) is 54.5 Å². The van der Waals surface area contributed by atoms with Gasteiger partial charge in [-0.2, -0.15) is 0 Å². The van der Waals surface area contributed by atoms with Gasteiger partial charge in [-0.1, -0.05) is 6.08 Å². The van der Waals surface area contributed by atoms with E-state index in [9.17, 15) is 4.79 Å². The molecular weight excluding hydrogens is 418 g/mol. The van der Waals surface area contributed by atoms with E-state index in [1.165, 1.54) is 0 Å². The van der Waals surface area contributed by atoms with Crippen LogP contribution in [0.25, 0.3) is 22.1 Å². The number of nitrogens with zero attached hydrogens (tertiary/aromatic N) is 5. The van der Waals surface area contributed by atoms with E-state index >= 15 is 0 Å². The van der Waals surface area contributed by atoms with Gasteiger partial charge in [0, 0.05) is 25.0 Å². The monoisotopic (exact) mass is 445 g/mol. The van der Waals surface area contributed by atoms with Crippen molar-refractivity contribution < 1.29 is 9.53 Å². The van der Waals surface area contributed by atoms with Crippen molar-refractivity contribution in [3.8, 4) is 0 Å². The Balaban J connectivity index is 1.37. The molecule has 5 rings (SSSR count). The zero-order valence-electron chi connectivity index (χ0n) is 19.2. The van der Waals surface area contributed by atoms with Crippen molar-refractivity contribution in [3.63, 3.8) is 0 Å². The average Bonchev–Trinajstić information content (AvgIpc) is 3.37. The van der Waals surface area contributed by atoms with Crippen molar-refractivity contribution in [2.75, 3.05) is 18.4 Å². The molecule has 1 amide bonds. The minimum absolute atomic E-state index is 0.281. The number of amides is 1. The number of anilines is 2. The van der Waals surface area contributed by atoms with E-state index < -0.39 is 5.60 Å². The molecule has 2 N–H and O–H groups in total. The maximum atomic E-state index is 12.3. The first-order valence-corrected chi connectivity index (χ1v) is 11.0. The number of nitrogens with one attached hydrogen (secondary N) is 2. The fraction of sp³-hybridized carbons (Fsp3) is 0.333. The lowest BCUT2D eigenvalue weighted by atomic mass is 10.1. The summed E-state index contributed by atoms with van der Waals surface area (Å²) in [7, 11) is 0. The zero-order chi connectivity index (χ0) is 23.2. The Hall–Kier alpha value is -3.88. The highest BCUT2D eigenvalue weighted by Crippen LogP contribution is 2.29. The Morgan fingerprint density at radius 2 is 2.06 bits per heavy atom. The first-order valence-electron chi connectivity index (χ1n) is 11.0. The van der Waals surface area contributed by atoms with Crippen LogP contribution < -0.4 is 5.32 Å². The summed E-state index contributed by atoms with van der Waals surface area (Å²) in [6, 6.07) is 6.09. The lowest BCUT2D eigenvalue weighted by Gasteiger charge is -2.29. The van der Waals surface area contributed by atoms with E-state index in [1.807, 2.05) is 56.6 Å². The number of aryl methyl sites for hydroxylation is 1. The fourth-order valence-electron chi connectivity index (χ4n) is 3.95. The molecule has 1 aliphatic rings. The third-order valence-corrected chi connectivity index (χ3v) is 5.61. The van der Waals surface area contributed by atoms with E-state index in [0.29, 0.717) is 13.1 Å². The summed E-state index contributed by atoms with van der Waals surface area (Å²) in [5.74, 6) is 1.65. The van der Waals surface area contributed by atoms with Crippen molar-refractivity contribution in [1.82, 2.24) is 29.2 Å². The first kappa shape index (κ1) is 21.0. The molecule has 9 heteroatoms. The minimum Gasteiger partial charge on any atom is -0.444 e. The molecule has 0 spiro atoms. The van der Waals surface area contributed by atoms with Crippen LogP contribution in [0.15, 0.2) is 43.0 Å². The van der Waals surface area contributed by atoms with Crippen LogP contribution in [0.2, 0.25) is 0 Å². The lowest BCUT2D eigenvalue weighted by molar-refractivity contribution is 0.0270. The third-order valence-electron chi connectivity index (χ3n) is 5.61. The average molecular weight is 446 g/mol. The maximum Gasteiger partial charge on any atom is 0.410 e. The topological polar surface area (TPSA) is 100 Å². The number of rotatable bonds is 3. The Morgan fingerprint density at radius 3 is 2.82 bits per heavy atom. The van der Waals surface area contributed by atoms with Gasteiger partial charge in [-0.25, -0.2) is 19.7 Å². The lowest BCUT2D eigenvalue weighted by Crippen LogP contribution is -2.39. The fourth-order valence-corrected chi connectivity index (χ4v) is 3.95. The number of hydrogen-bond acceptors (Lipinski definition) is 6. The zero-order valence-corrected chi connectivity index (χ0v) is 19.2. The van der Waals surface area contributed by atoms with Gasteiger partial charge in [0.2, 0.25) is 0 Å². The maximum absolute atomic E-state index is 12.3. The molecule has 0 radical (unpaired) electrons. The number of aromatic amines is 1. The van der Waals surface area contributed by atoms with Crippen molar-refractivity contribution in [2.45, 2.75) is 39.7 Å². The Kier molecular flexibility index (Phi) is 5.03. The van der Waals surface area contributed by atoms with Gasteiger partial charge in [-0.05, 0) is 57.9 Å². The number of H-pyrrole nitrogens is 1. The predicted molar refractivity (Wildman–Crippen MR) is 128 cm³/mol. The van der Waals surface area contributed by atoms with Gasteiger partial charge in [-0.3, -0.25) is 0 Å². The summed E-state index contributed by atoms with van der Waals surface area (Å²) in [6.45, 7) is 8.73. The molecule has 0 saturated heterocycles. The van der Waals surface area contributed by atoms with E-state index in [0.717, 1.165) is 51.6 Å². The molecule has 33 heavy (non-hydrogen) atoms. The molecule has 0 saturated carbocycles. The Labute approximate surface area is 191 Å². The number of fused-ring (bicyclic) bond motifs is 2. The highest BCUT2D eigenvalue weighted by atomic mass is 16.6. The van der Waals surface area contributed by atoms with Gasteiger partial charge in [0.1, 0.15) is 29.2 Å². The van der Waals surface area contributed by atoms with E-state index in [2.05, 4.69) is 37.4 Å². The molecule has 170 valence electrons. The van der Waals surface area contributed by atoms with Crippen LogP contribution in [0.1, 0.15) is 38.7 Å². The molecule has 0 bridgehead atoms. The molecule has 0 fully saturated rings. The molecular formula is C24H27N7O2. The van der Waals surface area contributed by atoms with Gasteiger partial charge in [0.25, 0.3) is 0 Å². The summed E-state index contributed by atoms with van der Waals surface area (Å²) < 4.78 is 7.52. The highest BCUT2D eigenvalue weighted by molar-refractivity contribution is 5.92. The molecule has 0 atom stereocenters. The van der Waals surface area contributed by atoms with Gasteiger partial charge < -0.3 is 24.3 Å². The van der Waals surface area contributed by atoms with E-state index in [-0.39, 0.29) is 6.09 Å². The molecule has 5 heterocycles. The number of imidazole rings is 1. The number of hydrogen-bond donors (Lipinski definition) is 2. The Morgan fingerprint density at radius 1 is 1.21 bits per heavy atom. The molecule has 9 nitrogen and oxygen atoms in total. The summed E-state index contributed by atoms with van der Waals surface area (Å²) in [5.41, 5.74) is 4.35. The van der Waals surface area contributed by atoms with Crippen LogP contribution in [0, 0.1) is 6.92 Å². The second-order valence-corrected chi connectivity index (χ2v) is 9.22. The number of pyridine rings is 1. The Bertz CT molecular complexity index is 1380. The van der Waals surface area contributed by atoms with Gasteiger partial charge in [0.05, 0.1) is 22.8 Å². The smallest absolute Gasteiger partial charge is 0.410 e. The standard InChI is InChI=1S/C24H27N7O2/c1-15-25-12-18-6-5-17(13-31(15)18)28-21-19-11-20(29-22(19)27-14-26-21)16-7-9-30(10-8-16)23(32)33-24(2,3)4/h5-7,11-14H,8-10H2,1-4H3,(H2,26,27,28,29). The summed E-state index contributed by atoms with van der Waals surface area (Å²) in [5, 5.41) is 4.32. The van der Waals surface area contributed by atoms with E-state index in [1.54, 1.807) is 11.2 Å². The first-order chi connectivity index (χ1) is 15.8. The molecule has 0 unspecified atom stereocenters. The van der Waals surface area contributed by atoms with Gasteiger partial charge >= 0.3 is 6.09 Å². The number of carbonyl (C=O) groups is 1. The highest BCUT2D eigenvalue weighted by Gasteiger charge is 2.24. The van der Waals surface area contributed by atoms with Crippen molar-refractivity contribution in [1.29, 1.82) is 0 Å². The van der Waals surface area contributed by atoms with Crippen molar-refractivity contribution >= 4 is 39.7 Å². The summed E-state index contributed by atoms with van der Waals surface area (Å²) in [6.07, 6.45) is 7.92. The number of aromatic nitrogens is 5. The van der Waals surface area contributed by atoms with Crippen LogP contribution in [0.4, 0.5) is 16.3 Å².